The molecule has 0 spiro atoms. The molecule has 134 valence electrons. The largest absolute Gasteiger partial charge is 0.493 e. The topological polar surface area (TPSA) is 65.4 Å². The Hall–Kier alpha value is -2.99. The molecule has 6 nitrogen and oxygen atoms in total. The number of nitrogens with zero attached hydrogens (tertiary/aromatic N) is 2. The molecule has 2 aromatic carbocycles. The zero-order valence-corrected chi connectivity index (χ0v) is 14.9. The summed E-state index contributed by atoms with van der Waals surface area (Å²) in [4.78, 5) is 12.4. The van der Waals surface area contributed by atoms with Crippen molar-refractivity contribution in [2.45, 2.75) is 0 Å². The minimum absolute atomic E-state index is 0.0844. The van der Waals surface area contributed by atoms with E-state index in [1.54, 1.807) is 19.2 Å². The summed E-state index contributed by atoms with van der Waals surface area (Å²) in [5.41, 5.74) is 0.742. The molecule has 1 aromatic heterocycles. The molecule has 0 radical (unpaired) electrons. The summed E-state index contributed by atoms with van der Waals surface area (Å²) in [6.07, 6.45) is 1.53. The molecule has 0 atom stereocenters. The van der Waals surface area contributed by atoms with Crippen LogP contribution in [0.2, 0.25) is 5.02 Å². The molecule has 0 amide bonds. The van der Waals surface area contributed by atoms with Crippen molar-refractivity contribution in [1.82, 2.24) is 9.78 Å². The van der Waals surface area contributed by atoms with Crippen molar-refractivity contribution in [3.05, 3.63) is 76.2 Å². The molecule has 0 bridgehead atoms. The maximum Gasteiger partial charge on any atom is 0.292 e. The van der Waals surface area contributed by atoms with Crippen molar-refractivity contribution in [1.29, 1.82) is 0 Å². The number of anilines is 1. The summed E-state index contributed by atoms with van der Waals surface area (Å²) < 4.78 is 12.2. The fourth-order valence-corrected chi connectivity index (χ4v) is 2.59. The quantitative estimate of drug-likeness (QED) is 0.645. The second-order valence-corrected chi connectivity index (χ2v) is 5.73. The van der Waals surface area contributed by atoms with Crippen molar-refractivity contribution in [2.75, 3.05) is 25.6 Å². The number of halogens is 1. The molecule has 0 saturated heterocycles. The highest BCUT2D eigenvalue weighted by molar-refractivity contribution is 6.32. The minimum atomic E-state index is -0.381. The van der Waals surface area contributed by atoms with Gasteiger partial charge in [0.2, 0.25) is 0 Å². The van der Waals surface area contributed by atoms with Crippen molar-refractivity contribution in [2.24, 2.45) is 0 Å². The SMILES string of the molecule is COc1ccccc1OCCNc1cnn(-c2ccccc2)c(=O)c1Cl. The number of ether oxygens (including phenoxy) is 2. The Bertz CT molecular complexity index is 929. The summed E-state index contributed by atoms with van der Waals surface area (Å²) in [6, 6.07) is 16.5. The molecule has 3 rings (SSSR count). The number of hydrogen-bond donors (Lipinski definition) is 1. The monoisotopic (exact) mass is 371 g/mol. The second kappa shape index (κ2) is 8.40. The van der Waals surface area contributed by atoms with Gasteiger partial charge in [-0.25, -0.2) is 0 Å². The molecule has 0 fully saturated rings. The third-order valence-corrected chi connectivity index (χ3v) is 4.03. The van der Waals surface area contributed by atoms with Crippen LogP contribution in [0.4, 0.5) is 5.69 Å². The van der Waals surface area contributed by atoms with Crippen LogP contribution >= 0.6 is 11.6 Å². The predicted octanol–water partition coefficient (Wildman–Crippen LogP) is 3.39. The first-order valence-corrected chi connectivity index (χ1v) is 8.41. The van der Waals surface area contributed by atoms with E-state index in [4.69, 9.17) is 21.1 Å². The molecule has 7 heteroatoms. The first-order chi connectivity index (χ1) is 12.7. The van der Waals surface area contributed by atoms with E-state index in [1.807, 2.05) is 42.5 Å². The number of aromatic nitrogens is 2. The zero-order valence-electron chi connectivity index (χ0n) is 14.2. The highest BCUT2D eigenvalue weighted by Crippen LogP contribution is 2.25. The van der Waals surface area contributed by atoms with Crippen molar-refractivity contribution < 1.29 is 9.47 Å². The van der Waals surface area contributed by atoms with E-state index in [2.05, 4.69) is 10.4 Å². The van der Waals surface area contributed by atoms with Crippen molar-refractivity contribution in [3.8, 4) is 17.2 Å². The average Bonchev–Trinajstić information content (AvgIpc) is 2.69. The standard InChI is InChI=1S/C19H18ClN3O3/c1-25-16-9-5-6-10-17(16)26-12-11-21-15-13-22-23(19(24)18(15)20)14-7-3-2-4-8-14/h2-10,13,21H,11-12H2,1H3. The van der Waals surface area contributed by atoms with Crippen LogP contribution in [0.1, 0.15) is 0 Å². The van der Waals surface area contributed by atoms with Gasteiger partial charge in [0.1, 0.15) is 11.6 Å². The van der Waals surface area contributed by atoms with Crippen LogP contribution in [0, 0.1) is 0 Å². The van der Waals surface area contributed by atoms with E-state index < -0.39 is 0 Å². The van der Waals surface area contributed by atoms with Crippen LogP contribution in [0.3, 0.4) is 0 Å². The van der Waals surface area contributed by atoms with Crippen LogP contribution in [0.5, 0.6) is 11.5 Å². The molecule has 1 heterocycles. The lowest BCUT2D eigenvalue weighted by Gasteiger charge is -2.12. The molecular weight excluding hydrogens is 354 g/mol. The van der Waals surface area contributed by atoms with Gasteiger partial charge in [0.05, 0.1) is 24.7 Å². The van der Waals surface area contributed by atoms with Gasteiger partial charge in [-0.3, -0.25) is 4.79 Å². The summed E-state index contributed by atoms with van der Waals surface area (Å²) in [6.45, 7) is 0.826. The fourth-order valence-electron chi connectivity index (χ4n) is 2.39. The van der Waals surface area contributed by atoms with E-state index >= 15 is 0 Å². The van der Waals surface area contributed by atoms with Gasteiger partial charge in [-0.2, -0.15) is 9.78 Å². The Labute approximate surface area is 155 Å². The van der Waals surface area contributed by atoms with E-state index in [0.29, 0.717) is 36.0 Å². The molecule has 3 aromatic rings. The van der Waals surface area contributed by atoms with Gasteiger partial charge in [0, 0.05) is 6.54 Å². The number of rotatable bonds is 7. The van der Waals surface area contributed by atoms with E-state index in [9.17, 15) is 4.79 Å². The number of para-hydroxylation sites is 3. The van der Waals surface area contributed by atoms with Gasteiger partial charge in [0.15, 0.2) is 11.5 Å². The summed E-state index contributed by atoms with van der Waals surface area (Å²) >= 11 is 6.20. The van der Waals surface area contributed by atoms with Crippen LogP contribution in [-0.2, 0) is 0 Å². The highest BCUT2D eigenvalue weighted by Gasteiger charge is 2.10. The van der Waals surface area contributed by atoms with Gasteiger partial charge in [0.25, 0.3) is 5.56 Å². The van der Waals surface area contributed by atoms with Crippen molar-refractivity contribution >= 4 is 17.3 Å². The van der Waals surface area contributed by atoms with Gasteiger partial charge in [-0.05, 0) is 24.3 Å². The zero-order chi connectivity index (χ0) is 18.4. The van der Waals surface area contributed by atoms with Crippen LogP contribution < -0.4 is 20.3 Å². The first-order valence-electron chi connectivity index (χ1n) is 8.03. The van der Waals surface area contributed by atoms with E-state index in [-0.39, 0.29) is 10.6 Å². The first kappa shape index (κ1) is 17.8. The maximum absolute atomic E-state index is 12.4. The molecule has 0 unspecified atom stereocenters. The average molecular weight is 372 g/mol. The lowest BCUT2D eigenvalue weighted by Crippen LogP contribution is -2.23. The lowest BCUT2D eigenvalue weighted by molar-refractivity contribution is 0.306. The summed E-state index contributed by atoms with van der Waals surface area (Å²) in [7, 11) is 1.59. The molecule has 0 aliphatic rings. The van der Waals surface area contributed by atoms with Crippen LogP contribution in [0.25, 0.3) is 5.69 Å². The minimum Gasteiger partial charge on any atom is -0.493 e. The third-order valence-electron chi connectivity index (χ3n) is 3.66. The Morgan fingerprint density at radius 3 is 2.50 bits per heavy atom. The Balaban J connectivity index is 1.64. The maximum atomic E-state index is 12.4. The summed E-state index contributed by atoms with van der Waals surface area (Å²) in [5, 5.41) is 7.32. The van der Waals surface area contributed by atoms with Gasteiger partial charge < -0.3 is 14.8 Å². The second-order valence-electron chi connectivity index (χ2n) is 5.35. The summed E-state index contributed by atoms with van der Waals surface area (Å²) in [5.74, 6) is 1.32. The molecule has 26 heavy (non-hydrogen) atoms. The Morgan fingerprint density at radius 1 is 1.08 bits per heavy atom. The van der Waals surface area contributed by atoms with E-state index in [0.717, 1.165) is 0 Å². The Kier molecular flexibility index (Phi) is 5.76. The molecule has 0 aliphatic carbocycles. The Morgan fingerprint density at radius 2 is 1.77 bits per heavy atom. The predicted molar refractivity (Wildman–Crippen MR) is 102 cm³/mol. The highest BCUT2D eigenvalue weighted by atomic mass is 35.5. The molecule has 1 N–H and O–H groups in total. The number of benzene rings is 2. The normalized spacial score (nSPS) is 10.4. The van der Waals surface area contributed by atoms with Gasteiger partial charge in [-0.15, -0.1) is 0 Å². The molecule has 0 saturated carbocycles. The number of methoxy groups -OCH3 is 1. The van der Waals surface area contributed by atoms with Crippen molar-refractivity contribution in [3.63, 3.8) is 0 Å². The number of hydrogen-bond acceptors (Lipinski definition) is 5. The lowest BCUT2D eigenvalue weighted by atomic mass is 10.3. The number of nitrogens with one attached hydrogen (secondary N) is 1. The third kappa shape index (κ3) is 3.97. The van der Waals surface area contributed by atoms with E-state index in [1.165, 1.54) is 10.9 Å². The molecular formula is C19H18ClN3O3. The molecule has 0 aliphatic heterocycles. The van der Waals surface area contributed by atoms with Gasteiger partial charge >= 0.3 is 0 Å². The fraction of sp³-hybridized carbons (Fsp3) is 0.158. The van der Waals surface area contributed by atoms with Crippen LogP contribution in [0.15, 0.2) is 65.6 Å². The smallest absolute Gasteiger partial charge is 0.292 e. The van der Waals surface area contributed by atoms with Gasteiger partial charge in [-0.1, -0.05) is 41.9 Å². The van der Waals surface area contributed by atoms with Crippen LogP contribution in [-0.4, -0.2) is 30.0 Å².